The van der Waals surface area contributed by atoms with E-state index in [2.05, 4.69) is 25.5 Å². The molecule has 11 heteroatoms. The van der Waals surface area contributed by atoms with Gasteiger partial charge < -0.3 is 19.6 Å². The number of hydrogen-bond acceptors (Lipinski definition) is 8. The molecule has 0 aliphatic heterocycles. The van der Waals surface area contributed by atoms with Crippen LogP contribution in [0.15, 0.2) is 59.8 Å². The molecule has 0 bridgehead atoms. The van der Waals surface area contributed by atoms with E-state index in [0.29, 0.717) is 17.0 Å². The largest absolute Gasteiger partial charge is 0.497 e. The minimum atomic E-state index is -1.35. The molecule has 0 aliphatic carbocycles. The number of H-pyrrole nitrogens is 1. The molecule has 4 rings (SSSR count). The van der Waals surface area contributed by atoms with Gasteiger partial charge in [-0.2, -0.15) is 4.68 Å². The molecule has 0 fully saturated rings. The quantitative estimate of drug-likeness (QED) is 0.456. The fraction of sp³-hybridized carbons (Fsp3) is 0.100. The molecule has 0 saturated heterocycles. The van der Waals surface area contributed by atoms with Gasteiger partial charge in [0, 0.05) is 11.8 Å². The van der Waals surface area contributed by atoms with Gasteiger partial charge in [0.1, 0.15) is 41.5 Å². The number of aromatic amines is 1. The van der Waals surface area contributed by atoms with Crippen LogP contribution in [0.5, 0.6) is 11.5 Å². The third-order valence-corrected chi connectivity index (χ3v) is 4.39. The molecule has 0 spiro atoms. The monoisotopic (exact) mass is 420 g/mol. The van der Waals surface area contributed by atoms with Crippen molar-refractivity contribution in [1.82, 2.24) is 30.2 Å². The highest BCUT2D eigenvalue weighted by Crippen LogP contribution is 2.28. The molecule has 2 aromatic carbocycles. The summed E-state index contributed by atoms with van der Waals surface area (Å²) >= 11 is 0. The first-order chi connectivity index (χ1) is 15.0. The van der Waals surface area contributed by atoms with Crippen molar-refractivity contribution in [2.75, 3.05) is 7.11 Å². The Labute approximate surface area is 174 Å². The first-order valence-electron chi connectivity index (χ1n) is 9.01. The third kappa shape index (κ3) is 4.24. The molecule has 4 aromatic rings. The molecule has 0 radical (unpaired) electrons. The van der Waals surface area contributed by atoms with Crippen LogP contribution in [0, 0.1) is 0 Å². The number of carboxylic acid groups (broad SMARTS) is 1. The summed E-state index contributed by atoms with van der Waals surface area (Å²) in [5, 5.41) is 20.2. The zero-order valence-corrected chi connectivity index (χ0v) is 16.2. The van der Waals surface area contributed by atoms with Crippen LogP contribution in [0.3, 0.4) is 0 Å². The van der Waals surface area contributed by atoms with Crippen LogP contribution < -0.4 is 15.0 Å². The molecular formula is C20H16N6O5. The summed E-state index contributed by atoms with van der Waals surface area (Å²) in [6.07, 6.45) is 2.42. The number of benzene rings is 2. The van der Waals surface area contributed by atoms with Crippen LogP contribution in [-0.2, 0) is 6.61 Å². The van der Waals surface area contributed by atoms with E-state index in [9.17, 15) is 9.59 Å². The van der Waals surface area contributed by atoms with E-state index in [1.807, 2.05) is 24.3 Å². The van der Waals surface area contributed by atoms with Gasteiger partial charge in [0.2, 0.25) is 0 Å². The van der Waals surface area contributed by atoms with Crippen LogP contribution in [0.1, 0.15) is 15.9 Å². The lowest BCUT2D eigenvalue weighted by Gasteiger charge is -2.13. The molecule has 156 valence electrons. The van der Waals surface area contributed by atoms with Gasteiger partial charge in [-0.25, -0.2) is 9.78 Å². The number of methoxy groups -OCH3 is 1. The maximum absolute atomic E-state index is 12.0. The summed E-state index contributed by atoms with van der Waals surface area (Å²) < 4.78 is 12.6. The predicted molar refractivity (Wildman–Crippen MR) is 107 cm³/mol. The smallest absolute Gasteiger partial charge is 0.342 e. The maximum atomic E-state index is 12.0. The van der Waals surface area contributed by atoms with Crippen molar-refractivity contribution >= 4 is 5.97 Å². The van der Waals surface area contributed by atoms with Gasteiger partial charge in [0.15, 0.2) is 0 Å². The fourth-order valence-electron chi connectivity index (χ4n) is 2.85. The van der Waals surface area contributed by atoms with Crippen molar-refractivity contribution in [2.24, 2.45) is 0 Å². The van der Waals surface area contributed by atoms with E-state index in [1.54, 1.807) is 25.3 Å². The zero-order chi connectivity index (χ0) is 21.8. The molecule has 2 N–H and O–H groups in total. The number of aromatic nitrogens is 6. The Hall–Kier alpha value is -4.54. The lowest BCUT2D eigenvalue weighted by Crippen LogP contribution is -2.18. The van der Waals surface area contributed by atoms with Gasteiger partial charge in [-0.05, 0) is 46.3 Å². The fourth-order valence-corrected chi connectivity index (χ4v) is 2.85. The topological polar surface area (TPSA) is 145 Å². The maximum Gasteiger partial charge on any atom is 0.342 e. The SMILES string of the molecule is COc1cccc(COc2ccc(-c3ncc(C(=O)O)c(=O)[nH]3)cc2-n2cnnn2)c1. The van der Waals surface area contributed by atoms with Gasteiger partial charge in [0.25, 0.3) is 5.56 Å². The minimum absolute atomic E-state index is 0.198. The molecule has 11 nitrogen and oxygen atoms in total. The van der Waals surface area contributed by atoms with E-state index in [4.69, 9.17) is 14.6 Å². The number of nitrogens with one attached hydrogen (secondary N) is 1. The van der Waals surface area contributed by atoms with E-state index in [-0.39, 0.29) is 12.4 Å². The van der Waals surface area contributed by atoms with Crippen molar-refractivity contribution in [3.8, 4) is 28.6 Å². The second-order valence-electron chi connectivity index (χ2n) is 6.36. The Kier molecular flexibility index (Phi) is 5.39. The lowest BCUT2D eigenvalue weighted by molar-refractivity contribution is 0.0694. The standard InChI is InChI=1S/C20H16N6O5/c1-30-14-4-2-3-12(7-14)10-31-17-6-5-13(8-16(17)26-11-22-24-25-26)18-21-9-15(20(28)29)19(27)23-18/h2-9,11H,10H2,1H3,(H,28,29)(H,21,23,27). The number of tetrazole rings is 1. The number of ether oxygens (including phenoxy) is 2. The van der Waals surface area contributed by atoms with Gasteiger partial charge in [0.05, 0.1) is 7.11 Å². The Bertz CT molecular complexity index is 1290. The van der Waals surface area contributed by atoms with Crippen LogP contribution in [0.4, 0.5) is 0 Å². The van der Waals surface area contributed by atoms with Gasteiger partial charge in [-0.1, -0.05) is 12.1 Å². The molecule has 2 aromatic heterocycles. The van der Waals surface area contributed by atoms with E-state index < -0.39 is 17.1 Å². The number of rotatable bonds is 7. The number of aromatic carboxylic acids is 1. The van der Waals surface area contributed by atoms with E-state index in [0.717, 1.165) is 17.5 Å². The molecule has 0 atom stereocenters. The number of hydrogen-bond donors (Lipinski definition) is 2. The van der Waals surface area contributed by atoms with Crippen molar-refractivity contribution in [1.29, 1.82) is 0 Å². The summed E-state index contributed by atoms with van der Waals surface area (Å²) in [4.78, 5) is 29.6. The average molecular weight is 420 g/mol. The number of carboxylic acids is 1. The second-order valence-corrected chi connectivity index (χ2v) is 6.36. The van der Waals surface area contributed by atoms with Gasteiger partial charge in [-0.15, -0.1) is 5.10 Å². The molecule has 2 heterocycles. The van der Waals surface area contributed by atoms with E-state index >= 15 is 0 Å². The highest BCUT2D eigenvalue weighted by molar-refractivity contribution is 5.86. The molecular weight excluding hydrogens is 404 g/mol. The van der Waals surface area contributed by atoms with E-state index in [1.165, 1.54) is 11.0 Å². The molecule has 31 heavy (non-hydrogen) atoms. The molecule has 0 aliphatic rings. The summed E-state index contributed by atoms with van der Waals surface area (Å²) in [7, 11) is 1.59. The predicted octanol–water partition coefficient (Wildman–Crippen LogP) is 1.70. The van der Waals surface area contributed by atoms with Crippen molar-refractivity contribution in [3.63, 3.8) is 0 Å². The van der Waals surface area contributed by atoms with Crippen LogP contribution in [0.2, 0.25) is 0 Å². The molecule has 0 unspecified atom stereocenters. The summed E-state index contributed by atoms with van der Waals surface area (Å²) in [6, 6.07) is 12.5. The molecule has 0 saturated carbocycles. The second kappa shape index (κ2) is 8.45. The third-order valence-electron chi connectivity index (χ3n) is 4.39. The zero-order valence-electron chi connectivity index (χ0n) is 16.2. The Morgan fingerprint density at radius 3 is 2.81 bits per heavy atom. The lowest BCUT2D eigenvalue weighted by atomic mass is 10.1. The number of carbonyl (C=O) groups is 1. The highest BCUT2D eigenvalue weighted by Gasteiger charge is 2.14. The number of nitrogens with zero attached hydrogens (tertiary/aromatic N) is 5. The van der Waals surface area contributed by atoms with Crippen LogP contribution >= 0.6 is 0 Å². The first-order valence-corrected chi connectivity index (χ1v) is 9.01. The summed E-state index contributed by atoms with van der Waals surface area (Å²) in [5.74, 6) is 0.0556. The minimum Gasteiger partial charge on any atom is -0.497 e. The van der Waals surface area contributed by atoms with Crippen LogP contribution in [-0.4, -0.2) is 48.4 Å². The van der Waals surface area contributed by atoms with Crippen molar-refractivity contribution in [3.05, 3.63) is 76.5 Å². The first kappa shape index (κ1) is 19.8. The normalized spacial score (nSPS) is 10.6. The average Bonchev–Trinajstić information content (AvgIpc) is 3.32. The van der Waals surface area contributed by atoms with Gasteiger partial charge in [-0.3, -0.25) is 4.79 Å². The Morgan fingerprint density at radius 2 is 2.10 bits per heavy atom. The van der Waals surface area contributed by atoms with Gasteiger partial charge >= 0.3 is 5.97 Å². The highest BCUT2D eigenvalue weighted by atomic mass is 16.5. The summed E-state index contributed by atoms with van der Waals surface area (Å²) in [6.45, 7) is 0.272. The Balaban J connectivity index is 1.68. The summed E-state index contributed by atoms with van der Waals surface area (Å²) in [5.41, 5.74) is 0.743. The van der Waals surface area contributed by atoms with Crippen LogP contribution in [0.25, 0.3) is 17.1 Å². The van der Waals surface area contributed by atoms with Crippen molar-refractivity contribution < 1.29 is 19.4 Å². The van der Waals surface area contributed by atoms with Crippen molar-refractivity contribution in [2.45, 2.75) is 6.61 Å². The Morgan fingerprint density at radius 1 is 1.23 bits per heavy atom. The molecule has 0 amide bonds.